The Labute approximate surface area is 140 Å². The van der Waals surface area contributed by atoms with Crippen LogP contribution in [-0.2, 0) is 0 Å². The Hall–Kier alpha value is -0.730. The lowest BCUT2D eigenvalue weighted by molar-refractivity contribution is 0.515. The maximum absolute atomic E-state index is 3.54. The second-order valence-corrected chi connectivity index (χ2v) is 8.06. The summed E-state index contributed by atoms with van der Waals surface area (Å²) >= 11 is 5.70. The van der Waals surface area contributed by atoms with Crippen LogP contribution >= 0.6 is 27.7 Å². The number of rotatable bonds is 4. The fourth-order valence-corrected chi connectivity index (χ4v) is 4.89. The molecule has 0 heterocycles. The summed E-state index contributed by atoms with van der Waals surface area (Å²) in [6.07, 6.45) is 6.99. The number of halogens is 1. The average Bonchev–Trinajstić information content (AvgIpc) is 2.55. The zero-order valence-corrected chi connectivity index (χ0v) is 14.6. The predicted octanol–water partition coefficient (Wildman–Crippen LogP) is 6.60. The molecule has 0 nitrogen and oxygen atoms in total. The Kier molecular flexibility index (Phi) is 5.43. The summed E-state index contributed by atoms with van der Waals surface area (Å²) in [4.78, 5) is 0. The van der Waals surface area contributed by atoms with E-state index >= 15 is 0 Å². The standard InChI is InChI=1S/C19H21BrS/c20-17-13-11-16(12-14-17)19(15-7-3-1-4-8-15)21-18-9-5-2-6-10-18/h1,3-4,7-8,11-14,18-19H,2,5-6,9-10H2/t19-/m1/s1. The van der Waals surface area contributed by atoms with E-state index in [0.717, 1.165) is 9.72 Å². The van der Waals surface area contributed by atoms with Gasteiger partial charge in [0.2, 0.25) is 0 Å². The van der Waals surface area contributed by atoms with Crippen molar-refractivity contribution in [1.82, 2.24) is 0 Å². The minimum Gasteiger partial charge on any atom is -0.146 e. The smallest absolute Gasteiger partial charge is 0.0549 e. The van der Waals surface area contributed by atoms with E-state index < -0.39 is 0 Å². The molecule has 2 aromatic rings. The third-order valence-corrected chi connectivity index (χ3v) is 6.36. The van der Waals surface area contributed by atoms with Gasteiger partial charge in [-0.15, -0.1) is 11.8 Å². The largest absolute Gasteiger partial charge is 0.146 e. The van der Waals surface area contributed by atoms with Gasteiger partial charge in [0.05, 0.1) is 5.25 Å². The Morgan fingerprint density at radius 1 is 0.810 bits per heavy atom. The first-order valence-electron chi connectivity index (χ1n) is 7.79. The zero-order valence-electron chi connectivity index (χ0n) is 12.2. The molecule has 110 valence electrons. The van der Waals surface area contributed by atoms with Crippen LogP contribution in [0.25, 0.3) is 0 Å². The van der Waals surface area contributed by atoms with Crippen LogP contribution in [0.15, 0.2) is 59.1 Å². The molecule has 0 radical (unpaired) electrons. The number of hydrogen-bond acceptors (Lipinski definition) is 1. The predicted molar refractivity (Wildman–Crippen MR) is 96.9 cm³/mol. The molecule has 2 aromatic carbocycles. The van der Waals surface area contributed by atoms with Gasteiger partial charge in [-0.2, -0.15) is 0 Å². The van der Waals surface area contributed by atoms with Gasteiger partial charge >= 0.3 is 0 Å². The first-order valence-corrected chi connectivity index (χ1v) is 9.52. The van der Waals surface area contributed by atoms with Crippen LogP contribution in [0.5, 0.6) is 0 Å². The molecule has 1 atom stereocenters. The summed E-state index contributed by atoms with van der Waals surface area (Å²) in [5.41, 5.74) is 2.84. The zero-order chi connectivity index (χ0) is 14.5. The van der Waals surface area contributed by atoms with Gasteiger partial charge in [0.1, 0.15) is 0 Å². The molecule has 0 aliphatic heterocycles. The summed E-state index contributed by atoms with van der Waals surface area (Å²) in [6, 6.07) is 19.8. The van der Waals surface area contributed by atoms with Crippen molar-refractivity contribution in [3.63, 3.8) is 0 Å². The van der Waals surface area contributed by atoms with Crippen LogP contribution in [-0.4, -0.2) is 5.25 Å². The van der Waals surface area contributed by atoms with Crippen LogP contribution in [0, 0.1) is 0 Å². The van der Waals surface area contributed by atoms with E-state index in [2.05, 4.69) is 82.3 Å². The normalized spacial score (nSPS) is 17.6. The lowest BCUT2D eigenvalue weighted by Crippen LogP contribution is -2.11. The highest BCUT2D eigenvalue weighted by molar-refractivity contribution is 9.10. The van der Waals surface area contributed by atoms with Crippen LogP contribution < -0.4 is 0 Å². The quantitative estimate of drug-likeness (QED) is 0.591. The highest BCUT2D eigenvalue weighted by Crippen LogP contribution is 2.42. The second kappa shape index (κ2) is 7.51. The van der Waals surface area contributed by atoms with Crippen LogP contribution in [0.3, 0.4) is 0 Å². The van der Waals surface area contributed by atoms with Crippen molar-refractivity contribution in [3.8, 4) is 0 Å². The third kappa shape index (κ3) is 4.14. The van der Waals surface area contributed by atoms with E-state index in [1.165, 1.54) is 43.2 Å². The van der Waals surface area contributed by atoms with Crippen molar-refractivity contribution in [3.05, 3.63) is 70.2 Å². The van der Waals surface area contributed by atoms with Gasteiger partial charge in [0.15, 0.2) is 0 Å². The lowest BCUT2D eigenvalue weighted by Gasteiger charge is -2.27. The van der Waals surface area contributed by atoms with Crippen molar-refractivity contribution in [2.45, 2.75) is 42.6 Å². The van der Waals surface area contributed by atoms with Crippen molar-refractivity contribution < 1.29 is 0 Å². The summed E-state index contributed by atoms with van der Waals surface area (Å²) in [5.74, 6) is 0. The molecular formula is C19H21BrS. The maximum Gasteiger partial charge on any atom is 0.0549 e. The monoisotopic (exact) mass is 360 g/mol. The highest BCUT2D eigenvalue weighted by atomic mass is 79.9. The van der Waals surface area contributed by atoms with Crippen LogP contribution in [0.1, 0.15) is 48.5 Å². The minimum absolute atomic E-state index is 0.461. The van der Waals surface area contributed by atoms with E-state index in [-0.39, 0.29) is 0 Å². The van der Waals surface area contributed by atoms with Crippen molar-refractivity contribution in [1.29, 1.82) is 0 Å². The molecule has 1 aliphatic carbocycles. The van der Waals surface area contributed by atoms with E-state index in [0.29, 0.717) is 5.25 Å². The molecular weight excluding hydrogens is 340 g/mol. The molecule has 21 heavy (non-hydrogen) atoms. The van der Waals surface area contributed by atoms with Crippen LogP contribution in [0.4, 0.5) is 0 Å². The SMILES string of the molecule is Brc1ccc([C@H](SC2CCCCC2)c2ccccc2)cc1. The Morgan fingerprint density at radius 3 is 2.10 bits per heavy atom. The molecule has 1 fully saturated rings. The molecule has 0 N–H and O–H groups in total. The molecule has 0 spiro atoms. The Balaban J connectivity index is 1.85. The molecule has 1 saturated carbocycles. The molecule has 0 saturated heterocycles. The summed E-state index contributed by atoms with van der Waals surface area (Å²) in [6.45, 7) is 0. The van der Waals surface area contributed by atoms with Crippen molar-refractivity contribution >= 4 is 27.7 Å². The first-order chi connectivity index (χ1) is 10.3. The second-order valence-electron chi connectivity index (χ2n) is 5.74. The molecule has 1 aliphatic rings. The number of benzene rings is 2. The Bertz CT molecular complexity index is 544. The van der Waals surface area contributed by atoms with Gasteiger partial charge in [0, 0.05) is 9.72 Å². The van der Waals surface area contributed by atoms with Gasteiger partial charge in [-0.05, 0) is 36.1 Å². The number of hydrogen-bond donors (Lipinski definition) is 0. The summed E-state index contributed by atoms with van der Waals surface area (Å²) in [5, 5.41) is 1.27. The van der Waals surface area contributed by atoms with E-state index in [1.54, 1.807) is 0 Å². The topological polar surface area (TPSA) is 0 Å². The fraction of sp³-hybridized carbons (Fsp3) is 0.368. The van der Waals surface area contributed by atoms with E-state index in [9.17, 15) is 0 Å². The summed E-state index contributed by atoms with van der Waals surface area (Å²) < 4.78 is 1.15. The van der Waals surface area contributed by atoms with Gasteiger partial charge in [-0.3, -0.25) is 0 Å². The van der Waals surface area contributed by atoms with Crippen molar-refractivity contribution in [2.24, 2.45) is 0 Å². The van der Waals surface area contributed by atoms with Gasteiger partial charge in [0.25, 0.3) is 0 Å². The van der Waals surface area contributed by atoms with Gasteiger partial charge in [-0.1, -0.05) is 77.7 Å². The van der Waals surface area contributed by atoms with Crippen molar-refractivity contribution in [2.75, 3.05) is 0 Å². The molecule has 0 bridgehead atoms. The highest BCUT2D eigenvalue weighted by Gasteiger charge is 2.22. The lowest BCUT2D eigenvalue weighted by atomic mass is 10.0. The average molecular weight is 361 g/mol. The maximum atomic E-state index is 3.54. The molecule has 3 rings (SSSR count). The molecule has 0 amide bonds. The first kappa shape index (κ1) is 15.2. The van der Waals surface area contributed by atoms with E-state index in [1.807, 2.05) is 0 Å². The fourth-order valence-electron chi connectivity index (χ4n) is 3.01. The Morgan fingerprint density at radius 2 is 1.43 bits per heavy atom. The third-order valence-electron chi connectivity index (χ3n) is 4.16. The molecule has 0 aromatic heterocycles. The van der Waals surface area contributed by atoms with E-state index in [4.69, 9.17) is 0 Å². The minimum atomic E-state index is 0.461. The van der Waals surface area contributed by atoms with Gasteiger partial charge in [-0.25, -0.2) is 0 Å². The van der Waals surface area contributed by atoms with Gasteiger partial charge < -0.3 is 0 Å². The molecule has 0 unspecified atom stereocenters. The number of thioether (sulfide) groups is 1. The summed E-state index contributed by atoms with van der Waals surface area (Å²) in [7, 11) is 0. The van der Waals surface area contributed by atoms with Crippen LogP contribution in [0.2, 0.25) is 0 Å². The molecule has 2 heteroatoms.